The average molecular weight is 314 g/mol. The Hall–Kier alpha value is -1.08. The fourth-order valence-corrected chi connectivity index (χ4v) is 2.13. The van der Waals surface area contributed by atoms with Gasteiger partial charge < -0.3 is 10.0 Å². The van der Waals surface area contributed by atoms with Crippen molar-refractivity contribution in [3.63, 3.8) is 0 Å². The first-order valence-corrected chi connectivity index (χ1v) is 6.57. The third kappa shape index (κ3) is 6.58. The van der Waals surface area contributed by atoms with Crippen LogP contribution in [0.3, 0.4) is 0 Å². The molecule has 0 radical (unpaired) electrons. The monoisotopic (exact) mass is 313 g/mol. The van der Waals surface area contributed by atoms with Gasteiger partial charge in [-0.3, -0.25) is 4.79 Å². The smallest absolute Gasteiger partial charge is 0.441 e. The average Bonchev–Trinajstić information content (AvgIpc) is 2.25. The van der Waals surface area contributed by atoms with Crippen LogP contribution in [0.2, 0.25) is 5.02 Å². The van der Waals surface area contributed by atoms with Gasteiger partial charge in [0.15, 0.2) is 0 Å². The SMILES string of the molecule is O=C(O)CN(CCSC(F)(F)F)c1cccc(Cl)c1. The zero-order chi connectivity index (χ0) is 14.5. The Balaban J connectivity index is 2.69. The van der Waals surface area contributed by atoms with Crippen molar-refractivity contribution in [2.24, 2.45) is 0 Å². The number of anilines is 1. The van der Waals surface area contributed by atoms with Gasteiger partial charge >= 0.3 is 11.5 Å². The van der Waals surface area contributed by atoms with Crippen LogP contribution in [0.1, 0.15) is 0 Å². The van der Waals surface area contributed by atoms with E-state index in [2.05, 4.69) is 0 Å². The van der Waals surface area contributed by atoms with Crippen LogP contribution in [0.4, 0.5) is 18.9 Å². The lowest BCUT2D eigenvalue weighted by atomic mass is 10.3. The summed E-state index contributed by atoms with van der Waals surface area (Å²) >= 11 is 5.59. The van der Waals surface area contributed by atoms with E-state index in [1.165, 1.54) is 11.0 Å². The molecule has 19 heavy (non-hydrogen) atoms. The van der Waals surface area contributed by atoms with E-state index < -0.39 is 11.5 Å². The quantitative estimate of drug-likeness (QED) is 0.873. The largest absolute Gasteiger partial charge is 0.480 e. The van der Waals surface area contributed by atoms with Gasteiger partial charge in [-0.25, -0.2) is 0 Å². The molecule has 0 saturated heterocycles. The number of hydrogen-bond acceptors (Lipinski definition) is 3. The highest BCUT2D eigenvalue weighted by atomic mass is 35.5. The summed E-state index contributed by atoms with van der Waals surface area (Å²) in [6, 6.07) is 6.34. The zero-order valence-corrected chi connectivity index (χ0v) is 11.2. The van der Waals surface area contributed by atoms with Crippen LogP contribution in [-0.2, 0) is 4.79 Å². The normalized spacial score (nSPS) is 11.4. The fourth-order valence-electron chi connectivity index (χ4n) is 1.41. The molecule has 0 aliphatic heterocycles. The number of aliphatic carboxylic acids is 1. The van der Waals surface area contributed by atoms with Crippen molar-refractivity contribution in [3.05, 3.63) is 29.3 Å². The van der Waals surface area contributed by atoms with Gasteiger partial charge in [-0.1, -0.05) is 17.7 Å². The molecule has 3 nitrogen and oxygen atoms in total. The first-order valence-electron chi connectivity index (χ1n) is 5.21. The molecule has 0 aliphatic rings. The molecule has 0 amide bonds. The molecular weight excluding hydrogens is 303 g/mol. The Morgan fingerprint density at radius 1 is 1.42 bits per heavy atom. The molecule has 106 valence electrons. The Kier molecular flexibility index (Phi) is 5.81. The van der Waals surface area contributed by atoms with Crippen LogP contribution in [0.5, 0.6) is 0 Å². The van der Waals surface area contributed by atoms with Gasteiger partial charge in [0.25, 0.3) is 0 Å². The van der Waals surface area contributed by atoms with Crippen molar-refractivity contribution >= 4 is 35.0 Å². The maximum atomic E-state index is 12.0. The van der Waals surface area contributed by atoms with E-state index in [0.29, 0.717) is 10.7 Å². The van der Waals surface area contributed by atoms with Crippen LogP contribution in [0.25, 0.3) is 0 Å². The summed E-state index contributed by atoms with van der Waals surface area (Å²) in [6.07, 6.45) is 0. The van der Waals surface area contributed by atoms with Gasteiger partial charge in [0.05, 0.1) is 0 Å². The molecule has 1 N–H and O–H groups in total. The molecule has 0 unspecified atom stereocenters. The molecule has 1 aromatic carbocycles. The van der Waals surface area contributed by atoms with E-state index in [0.717, 1.165) is 0 Å². The molecule has 0 atom stereocenters. The number of thioether (sulfide) groups is 1. The lowest BCUT2D eigenvalue weighted by Crippen LogP contribution is -2.32. The molecule has 0 heterocycles. The van der Waals surface area contributed by atoms with E-state index in [9.17, 15) is 18.0 Å². The second-order valence-corrected chi connectivity index (χ2v) is 5.19. The highest BCUT2D eigenvalue weighted by Crippen LogP contribution is 2.30. The van der Waals surface area contributed by atoms with Crippen LogP contribution >= 0.6 is 23.4 Å². The molecule has 0 aliphatic carbocycles. The maximum absolute atomic E-state index is 12.0. The van der Waals surface area contributed by atoms with Crippen molar-refractivity contribution in [3.8, 4) is 0 Å². The first kappa shape index (κ1) is 16.0. The Morgan fingerprint density at radius 2 is 2.11 bits per heavy atom. The van der Waals surface area contributed by atoms with Crippen molar-refractivity contribution in [2.75, 3.05) is 23.7 Å². The number of hydrogen-bond donors (Lipinski definition) is 1. The molecule has 0 aromatic heterocycles. The van der Waals surface area contributed by atoms with Gasteiger partial charge in [-0.05, 0) is 30.0 Å². The predicted molar refractivity (Wildman–Crippen MR) is 69.8 cm³/mol. The van der Waals surface area contributed by atoms with Gasteiger partial charge in [-0.2, -0.15) is 13.2 Å². The molecule has 0 fully saturated rings. The third-order valence-electron chi connectivity index (χ3n) is 2.13. The van der Waals surface area contributed by atoms with Crippen LogP contribution in [0, 0.1) is 0 Å². The highest BCUT2D eigenvalue weighted by Gasteiger charge is 2.28. The number of benzene rings is 1. The number of halogens is 4. The van der Waals surface area contributed by atoms with E-state index in [1.54, 1.807) is 18.2 Å². The van der Waals surface area contributed by atoms with E-state index in [1.807, 2.05) is 0 Å². The number of alkyl halides is 3. The van der Waals surface area contributed by atoms with Crippen molar-refractivity contribution in [1.82, 2.24) is 0 Å². The molecule has 1 rings (SSSR count). The van der Waals surface area contributed by atoms with Gasteiger partial charge in [0.2, 0.25) is 0 Å². The summed E-state index contributed by atoms with van der Waals surface area (Å²) < 4.78 is 36.1. The molecule has 0 saturated carbocycles. The molecule has 8 heteroatoms. The van der Waals surface area contributed by atoms with Crippen molar-refractivity contribution < 1.29 is 23.1 Å². The topological polar surface area (TPSA) is 40.5 Å². The first-order chi connectivity index (χ1) is 8.78. The third-order valence-corrected chi connectivity index (χ3v) is 3.08. The van der Waals surface area contributed by atoms with Gasteiger partial charge in [-0.15, -0.1) is 0 Å². The van der Waals surface area contributed by atoms with Crippen LogP contribution < -0.4 is 4.90 Å². The van der Waals surface area contributed by atoms with E-state index in [-0.39, 0.29) is 30.6 Å². The summed E-state index contributed by atoms with van der Waals surface area (Å²) in [4.78, 5) is 12.1. The van der Waals surface area contributed by atoms with Gasteiger partial charge in [0, 0.05) is 23.0 Å². The number of carboxylic acid groups (broad SMARTS) is 1. The zero-order valence-electron chi connectivity index (χ0n) is 9.65. The predicted octanol–water partition coefficient (Wildman–Crippen LogP) is 3.48. The van der Waals surface area contributed by atoms with Crippen LogP contribution in [-0.4, -0.2) is 35.4 Å². The maximum Gasteiger partial charge on any atom is 0.441 e. The molecule has 0 spiro atoms. The van der Waals surface area contributed by atoms with Crippen molar-refractivity contribution in [1.29, 1.82) is 0 Å². The highest BCUT2D eigenvalue weighted by molar-refractivity contribution is 8.00. The summed E-state index contributed by atoms with van der Waals surface area (Å²) in [5.41, 5.74) is -3.83. The second-order valence-electron chi connectivity index (χ2n) is 3.59. The summed E-state index contributed by atoms with van der Waals surface area (Å²) in [6.45, 7) is -0.407. The second kappa shape index (κ2) is 6.91. The van der Waals surface area contributed by atoms with Crippen molar-refractivity contribution in [2.45, 2.75) is 5.51 Å². The summed E-state index contributed by atoms with van der Waals surface area (Å²) in [5, 5.41) is 9.17. The molecular formula is C11H11ClF3NO2S. The Bertz CT molecular complexity index is 442. The van der Waals surface area contributed by atoms with Gasteiger partial charge in [0.1, 0.15) is 6.54 Å². The number of carbonyl (C=O) groups is 1. The molecule has 1 aromatic rings. The number of carboxylic acids is 1. The minimum Gasteiger partial charge on any atom is -0.480 e. The van der Waals surface area contributed by atoms with Crippen LogP contribution in [0.15, 0.2) is 24.3 Å². The number of rotatable bonds is 6. The minimum atomic E-state index is -4.32. The Labute approximate surface area is 117 Å². The minimum absolute atomic E-state index is 0.0309. The lowest BCUT2D eigenvalue weighted by molar-refractivity contribution is -0.135. The standard InChI is InChI=1S/C11H11ClF3NO2S/c12-8-2-1-3-9(6-8)16(7-10(17)18)4-5-19-11(13,14)15/h1-3,6H,4-5,7H2,(H,17,18). The fraction of sp³-hybridized carbons (Fsp3) is 0.364. The summed E-state index contributed by atoms with van der Waals surface area (Å²) in [7, 11) is 0. The number of nitrogens with zero attached hydrogens (tertiary/aromatic N) is 1. The molecule has 0 bridgehead atoms. The lowest BCUT2D eigenvalue weighted by Gasteiger charge is -2.23. The summed E-state index contributed by atoms with van der Waals surface area (Å²) in [5.74, 6) is -1.36. The van der Waals surface area contributed by atoms with E-state index in [4.69, 9.17) is 16.7 Å². The van der Waals surface area contributed by atoms with E-state index >= 15 is 0 Å². The Morgan fingerprint density at radius 3 is 2.63 bits per heavy atom.